The van der Waals surface area contributed by atoms with E-state index in [4.69, 9.17) is 4.74 Å². The van der Waals surface area contributed by atoms with Crippen LogP contribution in [0.25, 0.3) is 0 Å². The molecule has 2 nitrogen and oxygen atoms in total. The van der Waals surface area contributed by atoms with Crippen LogP contribution in [0.15, 0.2) is 23.1 Å². The van der Waals surface area contributed by atoms with Crippen molar-refractivity contribution in [3.05, 3.63) is 23.8 Å². The van der Waals surface area contributed by atoms with Gasteiger partial charge in [-0.3, -0.25) is 0 Å². The number of hydrogen-bond donors (Lipinski definition) is 1. The smallest absolute Gasteiger partial charge is 0.119 e. The highest BCUT2D eigenvalue weighted by Crippen LogP contribution is 2.44. The Labute approximate surface area is 89.0 Å². The lowest BCUT2D eigenvalue weighted by molar-refractivity contribution is 0.413. The molecule has 0 radical (unpaired) electrons. The average Bonchev–Trinajstić information content (AvgIpc) is 2.52. The molecule has 2 atom stereocenters. The minimum atomic E-state index is 0.449. The number of rotatable bonds is 2. The minimum absolute atomic E-state index is 0.449. The summed E-state index contributed by atoms with van der Waals surface area (Å²) >= 11 is 1.92. The van der Waals surface area contributed by atoms with Gasteiger partial charge < -0.3 is 10.1 Å². The van der Waals surface area contributed by atoms with Crippen molar-refractivity contribution < 1.29 is 4.74 Å². The Balaban J connectivity index is 2.39. The van der Waals surface area contributed by atoms with E-state index < -0.39 is 0 Å². The van der Waals surface area contributed by atoms with Crippen molar-refractivity contribution >= 4 is 11.8 Å². The molecule has 0 saturated carbocycles. The van der Waals surface area contributed by atoms with E-state index in [-0.39, 0.29) is 0 Å². The summed E-state index contributed by atoms with van der Waals surface area (Å²) in [4.78, 5) is 1.37. The van der Waals surface area contributed by atoms with Gasteiger partial charge in [0, 0.05) is 16.2 Å². The molecule has 1 heterocycles. The maximum Gasteiger partial charge on any atom is 0.119 e. The highest BCUT2D eigenvalue weighted by molar-refractivity contribution is 8.00. The summed E-state index contributed by atoms with van der Waals surface area (Å²) < 4.78 is 5.23. The molecular weight excluding hydrogens is 194 g/mol. The van der Waals surface area contributed by atoms with Crippen LogP contribution >= 0.6 is 11.8 Å². The van der Waals surface area contributed by atoms with Crippen molar-refractivity contribution in [2.45, 2.75) is 23.1 Å². The molecule has 0 spiro atoms. The van der Waals surface area contributed by atoms with Crippen LogP contribution in [0.2, 0.25) is 0 Å². The quantitative estimate of drug-likeness (QED) is 0.808. The summed E-state index contributed by atoms with van der Waals surface area (Å²) in [5.74, 6) is 0.943. The Morgan fingerprint density at radius 2 is 2.21 bits per heavy atom. The first-order valence-electron chi connectivity index (χ1n) is 4.78. The Bertz CT molecular complexity index is 340. The van der Waals surface area contributed by atoms with Crippen LogP contribution < -0.4 is 10.1 Å². The molecule has 0 amide bonds. The third-order valence-corrected chi connectivity index (χ3v) is 3.91. The summed E-state index contributed by atoms with van der Waals surface area (Å²) in [6.07, 6.45) is 0. The molecule has 1 aromatic rings. The molecule has 2 unspecified atom stereocenters. The Hall–Kier alpha value is -0.670. The fraction of sp³-hybridized carbons (Fsp3) is 0.455. The second-order valence-corrected chi connectivity index (χ2v) is 4.91. The standard InChI is InChI=1S/C11H15NOS/c1-7-11(12-2)9-6-8(13-3)4-5-10(9)14-7/h4-7,11-12H,1-3H3. The average molecular weight is 209 g/mol. The second-order valence-electron chi connectivity index (χ2n) is 3.49. The fourth-order valence-corrected chi connectivity index (χ4v) is 3.20. The van der Waals surface area contributed by atoms with Crippen molar-refractivity contribution in [1.82, 2.24) is 5.32 Å². The van der Waals surface area contributed by atoms with Gasteiger partial charge in [0.2, 0.25) is 0 Å². The van der Waals surface area contributed by atoms with Crippen molar-refractivity contribution in [2.75, 3.05) is 14.2 Å². The Morgan fingerprint density at radius 1 is 1.43 bits per heavy atom. The SMILES string of the molecule is CNC1c2cc(OC)ccc2SC1C. The molecule has 0 fully saturated rings. The molecule has 0 aromatic heterocycles. The van der Waals surface area contributed by atoms with Gasteiger partial charge in [-0.25, -0.2) is 0 Å². The zero-order valence-electron chi connectivity index (χ0n) is 8.70. The van der Waals surface area contributed by atoms with E-state index in [2.05, 4.69) is 24.4 Å². The number of methoxy groups -OCH3 is 1. The van der Waals surface area contributed by atoms with E-state index in [0.29, 0.717) is 11.3 Å². The first-order valence-corrected chi connectivity index (χ1v) is 5.66. The fourth-order valence-electron chi connectivity index (χ4n) is 1.92. The topological polar surface area (TPSA) is 21.3 Å². The predicted octanol–water partition coefficient (Wildman–Crippen LogP) is 2.45. The van der Waals surface area contributed by atoms with Gasteiger partial charge in [0.15, 0.2) is 0 Å². The van der Waals surface area contributed by atoms with Crippen LogP contribution in [0.1, 0.15) is 18.5 Å². The van der Waals surface area contributed by atoms with Crippen molar-refractivity contribution in [2.24, 2.45) is 0 Å². The van der Waals surface area contributed by atoms with Gasteiger partial charge in [0.05, 0.1) is 7.11 Å². The maximum atomic E-state index is 5.23. The van der Waals surface area contributed by atoms with Crippen LogP contribution in [0, 0.1) is 0 Å². The Kier molecular flexibility index (Phi) is 2.70. The molecule has 76 valence electrons. The Morgan fingerprint density at radius 3 is 2.86 bits per heavy atom. The van der Waals surface area contributed by atoms with Crippen molar-refractivity contribution in [3.8, 4) is 5.75 Å². The van der Waals surface area contributed by atoms with E-state index >= 15 is 0 Å². The van der Waals surface area contributed by atoms with E-state index in [1.165, 1.54) is 10.5 Å². The summed E-state index contributed by atoms with van der Waals surface area (Å²) in [5, 5.41) is 3.94. The number of ether oxygens (including phenoxy) is 1. The van der Waals surface area contributed by atoms with Gasteiger partial charge in [-0.2, -0.15) is 0 Å². The first kappa shape index (κ1) is 9.87. The van der Waals surface area contributed by atoms with Crippen molar-refractivity contribution in [3.63, 3.8) is 0 Å². The third kappa shape index (κ3) is 1.51. The predicted molar refractivity (Wildman–Crippen MR) is 60.1 cm³/mol. The zero-order valence-corrected chi connectivity index (χ0v) is 9.52. The zero-order chi connectivity index (χ0) is 10.1. The monoisotopic (exact) mass is 209 g/mol. The summed E-state index contributed by atoms with van der Waals surface area (Å²) in [7, 11) is 3.72. The molecule has 1 N–H and O–H groups in total. The largest absolute Gasteiger partial charge is 0.497 e. The molecule has 0 saturated heterocycles. The van der Waals surface area contributed by atoms with E-state index in [1.807, 2.05) is 24.9 Å². The molecule has 3 heteroatoms. The van der Waals surface area contributed by atoms with Gasteiger partial charge in [-0.15, -0.1) is 11.8 Å². The van der Waals surface area contributed by atoms with Crippen LogP contribution in [-0.2, 0) is 0 Å². The van der Waals surface area contributed by atoms with Crippen LogP contribution in [-0.4, -0.2) is 19.4 Å². The van der Waals surface area contributed by atoms with Crippen LogP contribution in [0.4, 0.5) is 0 Å². The first-order chi connectivity index (χ1) is 6.76. The lowest BCUT2D eigenvalue weighted by atomic mass is 10.0. The van der Waals surface area contributed by atoms with E-state index in [1.54, 1.807) is 7.11 Å². The molecule has 0 aliphatic carbocycles. The molecule has 0 bridgehead atoms. The van der Waals surface area contributed by atoms with Crippen LogP contribution in [0.5, 0.6) is 5.75 Å². The highest BCUT2D eigenvalue weighted by atomic mass is 32.2. The van der Waals surface area contributed by atoms with E-state index in [9.17, 15) is 0 Å². The number of hydrogen-bond acceptors (Lipinski definition) is 3. The molecule has 2 rings (SSSR count). The molecule has 1 aliphatic heterocycles. The number of fused-ring (bicyclic) bond motifs is 1. The van der Waals surface area contributed by atoms with Crippen molar-refractivity contribution in [1.29, 1.82) is 0 Å². The lowest BCUT2D eigenvalue weighted by Crippen LogP contribution is -2.21. The lowest BCUT2D eigenvalue weighted by Gasteiger charge is -2.14. The molecule has 1 aromatic carbocycles. The van der Waals surface area contributed by atoms with Crippen LogP contribution in [0.3, 0.4) is 0 Å². The third-order valence-electron chi connectivity index (χ3n) is 2.65. The molecule has 1 aliphatic rings. The number of nitrogens with one attached hydrogen (secondary N) is 1. The molecular formula is C11H15NOS. The maximum absolute atomic E-state index is 5.23. The second kappa shape index (κ2) is 3.83. The highest BCUT2D eigenvalue weighted by Gasteiger charge is 2.28. The van der Waals surface area contributed by atoms with E-state index in [0.717, 1.165) is 5.75 Å². The molecule has 14 heavy (non-hydrogen) atoms. The van der Waals surface area contributed by atoms with Gasteiger partial charge in [-0.05, 0) is 30.8 Å². The van der Waals surface area contributed by atoms with Gasteiger partial charge >= 0.3 is 0 Å². The van der Waals surface area contributed by atoms with Gasteiger partial charge in [0.25, 0.3) is 0 Å². The summed E-state index contributed by atoms with van der Waals surface area (Å²) in [5.41, 5.74) is 1.37. The minimum Gasteiger partial charge on any atom is -0.497 e. The van der Waals surface area contributed by atoms with Gasteiger partial charge in [-0.1, -0.05) is 6.92 Å². The normalized spacial score (nSPS) is 24.8. The van der Waals surface area contributed by atoms with Gasteiger partial charge in [0.1, 0.15) is 5.75 Å². The summed E-state index contributed by atoms with van der Waals surface area (Å²) in [6, 6.07) is 6.75. The number of thioether (sulfide) groups is 1. The summed E-state index contributed by atoms with van der Waals surface area (Å²) in [6.45, 7) is 2.25. The number of benzene rings is 1.